The van der Waals surface area contributed by atoms with E-state index in [0.717, 1.165) is 59.1 Å². The van der Waals surface area contributed by atoms with Crippen molar-refractivity contribution < 1.29 is 14.3 Å². The minimum Gasteiger partial charge on any atom is -0.462 e. The zero-order valence-electron chi connectivity index (χ0n) is 20.8. The summed E-state index contributed by atoms with van der Waals surface area (Å²) in [4.78, 5) is 47.1. The summed E-state index contributed by atoms with van der Waals surface area (Å²) < 4.78 is 6.90. The third-order valence-corrected chi connectivity index (χ3v) is 8.43. The highest BCUT2D eigenvalue weighted by Gasteiger charge is 2.28. The Bertz CT molecular complexity index is 1540. The fourth-order valence-corrected chi connectivity index (χ4v) is 6.41. The first-order valence-electron chi connectivity index (χ1n) is 12.2. The van der Waals surface area contributed by atoms with Crippen molar-refractivity contribution in [3.05, 3.63) is 62.4 Å². The molecule has 0 spiro atoms. The molecule has 1 atom stereocenters. The predicted molar refractivity (Wildman–Crippen MR) is 145 cm³/mol. The zero-order chi connectivity index (χ0) is 26.1. The van der Waals surface area contributed by atoms with Gasteiger partial charge in [-0.1, -0.05) is 29.5 Å². The lowest BCUT2D eigenvalue weighted by molar-refractivity contribution is -0.115. The van der Waals surface area contributed by atoms with Crippen molar-refractivity contribution in [1.82, 2.24) is 19.7 Å². The number of thiophene rings is 1. The first kappa shape index (κ1) is 25.2. The van der Waals surface area contributed by atoms with Gasteiger partial charge in [0.15, 0.2) is 10.8 Å². The molecule has 11 heteroatoms. The minimum atomic E-state index is -0.592. The van der Waals surface area contributed by atoms with Gasteiger partial charge in [0.1, 0.15) is 10.4 Å². The van der Waals surface area contributed by atoms with Gasteiger partial charge in [0.2, 0.25) is 5.91 Å². The average Bonchev–Trinajstić information content (AvgIpc) is 3.46. The fourth-order valence-electron chi connectivity index (χ4n) is 4.34. The van der Waals surface area contributed by atoms with Crippen LogP contribution in [0.15, 0.2) is 40.4 Å². The van der Waals surface area contributed by atoms with E-state index in [2.05, 4.69) is 20.4 Å². The van der Waals surface area contributed by atoms with Gasteiger partial charge in [-0.2, -0.15) is 5.10 Å². The second-order valence-corrected chi connectivity index (χ2v) is 11.3. The van der Waals surface area contributed by atoms with Crippen molar-refractivity contribution >= 4 is 51.0 Å². The van der Waals surface area contributed by atoms with Crippen molar-refractivity contribution in [2.75, 3.05) is 11.9 Å². The number of hydrogen-bond donors (Lipinski definition) is 2. The topological polar surface area (TPSA) is 119 Å². The van der Waals surface area contributed by atoms with Gasteiger partial charge in [-0.15, -0.1) is 11.3 Å². The molecule has 37 heavy (non-hydrogen) atoms. The number of aromatic nitrogens is 4. The van der Waals surface area contributed by atoms with Crippen LogP contribution in [0.5, 0.6) is 0 Å². The van der Waals surface area contributed by atoms with E-state index in [0.29, 0.717) is 26.8 Å². The van der Waals surface area contributed by atoms with Crippen LogP contribution in [0.3, 0.4) is 0 Å². The van der Waals surface area contributed by atoms with E-state index < -0.39 is 11.2 Å². The molecular formula is C26H27N5O4S2. The van der Waals surface area contributed by atoms with Gasteiger partial charge in [-0.3, -0.25) is 9.59 Å². The number of ether oxygens (including phenoxy) is 1. The Morgan fingerprint density at radius 1 is 1.24 bits per heavy atom. The third kappa shape index (κ3) is 5.05. The van der Waals surface area contributed by atoms with Crippen molar-refractivity contribution in [3.63, 3.8) is 0 Å². The predicted octanol–water partition coefficient (Wildman–Crippen LogP) is 4.65. The van der Waals surface area contributed by atoms with Gasteiger partial charge in [0.05, 0.1) is 29.3 Å². The lowest BCUT2D eigenvalue weighted by atomic mass is 9.95. The van der Waals surface area contributed by atoms with Crippen LogP contribution < -0.4 is 10.9 Å². The number of H-pyrrole nitrogens is 1. The molecule has 9 nitrogen and oxygen atoms in total. The van der Waals surface area contributed by atoms with Crippen LogP contribution in [-0.4, -0.2) is 43.5 Å². The van der Waals surface area contributed by atoms with E-state index >= 15 is 0 Å². The Kier molecular flexibility index (Phi) is 7.16. The molecule has 0 fully saturated rings. The smallest absolute Gasteiger partial charge is 0.341 e. The van der Waals surface area contributed by atoms with E-state index in [4.69, 9.17) is 4.74 Å². The van der Waals surface area contributed by atoms with Crippen LogP contribution in [-0.2, 0) is 22.4 Å². The minimum absolute atomic E-state index is 0.268. The molecule has 0 saturated heterocycles. The molecule has 2 N–H and O–H groups in total. The fraction of sp³-hybridized carbons (Fsp3) is 0.346. The summed E-state index contributed by atoms with van der Waals surface area (Å²) in [6, 6.07) is 7.75. The number of carbonyl (C=O) groups is 2. The Balaban J connectivity index is 1.39. The van der Waals surface area contributed by atoms with Gasteiger partial charge >= 0.3 is 5.97 Å². The first-order valence-corrected chi connectivity index (χ1v) is 13.9. The maximum absolute atomic E-state index is 13.2. The van der Waals surface area contributed by atoms with Gasteiger partial charge in [0, 0.05) is 4.88 Å². The van der Waals surface area contributed by atoms with Gasteiger partial charge in [-0.05, 0) is 64.2 Å². The normalized spacial score (nSPS) is 13.8. The van der Waals surface area contributed by atoms with Gasteiger partial charge in [-0.25, -0.2) is 14.5 Å². The maximum atomic E-state index is 13.2. The molecule has 0 radical (unpaired) electrons. The summed E-state index contributed by atoms with van der Waals surface area (Å²) in [6.07, 6.45) is 5.26. The number of aryl methyl sites for hydroxylation is 2. The lowest BCUT2D eigenvalue weighted by Crippen LogP contribution is -2.24. The second kappa shape index (κ2) is 10.5. The maximum Gasteiger partial charge on any atom is 0.341 e. The molecule has 4 aromatic rings. The standard InChI is InChI=1S/C26H27N5O4S2/c1-4-35-25(34)20-17-7-5-6-8-19(17)37-24(20)29-22(32)15(3)36-26-28-21-18(23(33)30-26)13-27-31(21)16-11-9-14(2)10-12-16/h9-13,15H,4-8H2,1-3H3,(H,29,32)(H,28,30,33)/t15-/m0/s1. The Morgan fingerprint density at radius 3 is 2.76 bits per heavy atom. The Labute approximate surface area is 221 Å². The highest BCUT2D eigenvalue weighted by Crippen LogP contribution is 2.39. The number of amides is 1. The van der Waals surface area contributed by atoms with Crippen LogP contribution in [0, 0.1) is 6.92 Å². The number of hydrogen-bond acceptors (Lipinski definition) is 8. The Hall–Kier alpha value is -3.44. The molecule has 0 bridgehead atoms. The SMILES string of the molecule is CCOC(=O)c1c(NC(=O)[C@H](C)Sc2nc3c(cnn3-c3ccc(C)cc3)c(=O)[nH]2)sc2c1CCCC2. The van der Waals surface area contributed by atoms with Crippen LogP contribution in [0.4, 0.5) is 5.00 Å². The number of thioether (sulfide) groups is 1. The molecule has 0 aliphatic heterocycles. The number of esters is 1. The van der Waals surface area contributed by atoms with Gasteiger partial charge in [0.25, 0.3) is 5.56 Å². The average molecular weight is 538 g/mol. The van der Waals surface area contributed by atoms with E-state index in [-0.39, 0.29) is 18.1 Å². The number of fused-ring (bicyclic) bond motifs is 2. The molecular weight excluding hydrogens is 510 g/mol. The summed E-state index contributed by atoms with van der Waals surface area (Å²) in [5.74, 6) is -0.692. The van der Waals surface area contributed by atoms with Crippen LogP contribution >= 0.6 is 23.1 Å². The van der Waals surface area contributed by atoms with E-state index in [1.165, 1.54) is 17.5 Å². The van der Waals surface area contributed by atoms with Crippen molar-refractivity contribution in [2.45, 2.75) is 56.9 Å². The molecule has 1 aliphatic rings. The summed E-state index contributed by atoms with van der Waals surface area (Å²) >= 11 is 2.58. The highest BCUT2D eigenvalue weighted by molar-refractivity contribution is 8.00. The number of anilines is 1. The molecule has 3 aromatic heterocycles. The summed E-state index contributed by atoms with van der Waals surface area (Å²) in [5, 5.41) is 7.89. The number of carbonyl (C=O) groups excluding carboxylic acids is 2. The highest BCUT2D eigenvalue weighted by atomic mass is 32.2. The summed E-state index contributed by atoms with van der Waals surface area (Å²) in [6.45, 7) is 5.77. The van der Waals surface area contributed by atoms with Crippen LogP contribution in [0.25, 0.3) is 16.7 Å². The number of nitrogens with one attached hydrogen (secondary N) is 2. The molecule has 3 heterocycles. The van der Waals surface area contributed by atoms with E-state index in [9.17, 15) is 14.4 Å². The molecule has 1 aliphatic carbocycles. The van der Waals surface area contributed by atoms with Crippen molar-refractivity contribution in [1.29, 1.82) is 0 Å². The molecule has 0 saturated carbocycles. The zero-order valence-corrected chi connectivity index (χ0v) is 22.4. The third-order valence-electron chi connectivity index (χ3n) is 6.24. The summed E-state index contributed by atoms with van der Waals surface area (Å²) in [5.41, 5.74) is 3.45. The quantitative estimate of drug-likeness (QED) is 0.200. The summed E-state index contributed by atoms with van der Waals surface area (Å²) in [7, 11) is 0. The lowest BCUT2D eigenvalue weighted by Gasteiger charge is -2.13. The van der Waals surface area contributed by atoms with Gasteiger partial charge < -0.3 is 15.0 Å². The molecule has 5 rings (SSSR count). The first-order chi connectivity index (χ1) is 17.9. The van der Waals surface area contributed by atoms with Crippen molar-refractivity contribution in [3.8, 4) is 5.69 Å². The largest absolute Gasteiger partial charge is 0.462 e. The molecule has 1 aromatic carbocycles. The van der Waals surface area contributed by atoms with Crippen LogP contribution in [0.2, 0.25) is 0 Å². The van der Waals surface area contributed by atoms with E-state index in [1.54, 1.807) is 18.5 Å². The van der Waals surface area contributed by atoms with Crippen molar-refractivity contribution in [2.24, 2.45) is 0 Å². The molecule has 1 amide bonds. The number of benzene rings is 1. The molecule has 0 unspecified atom stereocenters. The second-order valence-electron chi connectivity index (χ2n) is 8.89. The Morgan fingerprint density at radius 2 is 2.00 bits per heavy atom. The molecule has 192 valence electrons. The monoisotopic (exact) mass is 537 g/mol. The number of rotatable bonds is 7. The van der Waals surface area contributed by atoms with E-state index in [1.807, 2.05) is 31.2 Å². The number of aromatic amines is 1. The van der Waals surface area contributed by atoms with Crippen LogP contribution in [0.1, 0.15) is 53.1 Å². The number of nitrogens with zero attached hydrogens (tertiary/aromatic N) is 3.